The van der Waals surface area contributed by atoms with Gasteiger partial charge in [-0.25, -0.2) is 4.39 Å². The summed E-state index contributed by atoms with van der Waals surface area (Å²) >= 11 is 2.37. The fourth-order valence-corrected chi connectivity index (χ4v) is 6.65. The lowest BCUT2D eigenvalue weighted by Gasteiger charge is -2.23. The third kappa shape index (κ3) is 5.80. The molecule has 6 rings (SSSR count). The van der Waals surface area contributed by atoms with Crippen molar-refractivity contribution in [1.82, 2.24) is 10.2 Å². The van der Waals surface area contributed by atoms with Crippen molar-refractivity contribution in [3.05, 3.63) is 94.8 Å². The number of carbonyl (C=O) groups excluding carboxylic acids is 2. The molecule has 1 saturated heterocycles. The summed E-state index contributed by atoms with van der Waals surface area (Å²) in [6.07, 6.45) is 0.797. The average molecular weight is 620 g/mol. The molecule has 0 spiro atoms. The van der Waals surface area contributed by atoms with Gasteiger partial charge in [0, 0.05) is 11.3 Å². The first kappa shape index (κ1) is 28.7. The van der Waals surface area contributed by atoms with E-state index in [9.17, 15) is 19.1 Å². The lowest BCUT2D eigenvalue weighted by molar-refractivity contribution is -0.132. The average Bonchev–Trinajstić information content (AvgIpc) is 3.60. The summed E-state index contributed by atoms with van der Waals surface area (Å²) in [5.74, 6) is -0.589. The van der Waals surface area contributed by atoms with Crippen LogP contribution in [0.15, 0.2) is 76.6 Å². The fourth-order valence-electron chi connectivity index (χ4n) is 4.80. The standard InChI is InChI=1S/C31H26FN3O6S2/c1-2-12-39-21-8-5-7-18(15-21)26-25(27(36)19-10-11-23-24(16-19)41-14-13-40-23)28(37)29(38)35(26)30-33-34-31(43-30)42-17-20-6-3-4-9-22(20)32/h3-11,15-16,26,36H,2,12-14,17H2,1H3. The van der Waals surface area contributed by atoms with E-state index in [-0.39, 0.29) is 22.3 Å². The minimum Gasteiger partial charge on any atom is -0.507 e. The summed E-state index contributed by atoms with van der Waals surface area (Å²) in [6, 6.07) is 17.3. The number of anilines is 1. The van der Waals surface area contributed by atoms with Gasteiger partial charge in [-0.1, -0.05) is 60.4 Å². The number of rotatable bonds is 9. The zero-order valence-electron chi connectivity index (χ0n) is 23.0. The van der Waals surface area contributed by atoms with Crippen molar-refractivity contribution in [2.45, 2.75) is 29.5 Å². The number of Topliss-reactive ketones (excluding diaryl/α,β-unsaturated/α-hetero) is 1. The number of halogens is 1. The predicted octanol–water partition coefficient (Wildman–Crippen LogP) is 6.16. The zero-order chi connectivity index (χ0) is 29.9. The second kappa shape index (κ2) is 12.4. The third-order valence-electron chi connectivity index (χ3n) is 6.82. The van der Waals surface area contributed by atoms with Gasteiger partial charge >= 0.3 is 5.91 Å². The Bertz CT molecular complexity index is 1730. The first-order valence-electron chi connectivity index (χ1n) is 13.6. The minimum absolute atomic E-state index is 0.106. The molecule has 2 aliphatic heterocycles. The topological polar surface area (TPSA) is 111 Å². The van der Waals surface area contributed by atoms with Crippen LogP contribution in [0.3, 0.4) is 0 Å². The fraction of sp³-hybridized carbons (Fsp3) is 0.226. The number of benzene rings is 3. The second-order valence-corrected chi connectivity index (χ2v) is 11.9. The van der Waals surface area contributed by atoms with Crippen LogP contribution in [0, 0.1) is 5.82 Å². The van der Waals surface area contributed by atoms with Crippen LogP contribution in [-0.4, -0.2) is 46.8 Å². The molecule has 3 aromatic carbocycles. The molecule has 1 atom stereocenters. The van der Waals surface area contributed by atoms with Gasteiger partial charge in [-0.2, -0.15) is 0 Å². The second-order valence-electron chi connectivity index (χ2n) is 9.68. The number of aliphatic hydroxyl groups is 1. The van der Waals surface area contributed by atoms with Crippen LogP contribution >= 0.6 is 23.1 Å². The van der Waals surface area contributed by atoms with E-state index in [1.165, 1.54) is 22.7 Å². The third-order valence-corrected chi connectivity index (χ3v) is 8.92. The lowest BCUT2D eigenvalue weighted by atomic mass is 9.95. The van der Waals surface area contributed by atoms with Crippen LogP contribution in [0.5, 0.6) is 17.2 Å². The van der Waals surface area contributed by atoms with E-state index in [0.717, 1.165) is 17.8 Å². The van der Waals surface area contributed by atoms with E-state index in [2.05, 4.69) is 10.2 Å². The maximum atomic E-state index is 14.1. The molecule has 0 saturated carbocycles. The van der Waals surface area contributed by atoms with E-state index in [1.54, 1.807) is 60.7 Å². The number of hydrogen-bond donors (Lipinski definition) is 1. The molecule has 12 heteroatoms. The number of fused-ring (bicyclic) bond motifs is 1. The van der Waals surface area contributed by atoms with Crippen LogP contribution < -0.4 is 19.1 Å². The van der Waals surface area contributed by atoms with E-state index in [0.29, 0.717) is 63.9 Å². The molecule has 1 aromatic heterocycles. The van der Waals surface area contributed by atoms with Gasteiger partial charge in [-0.15, -0.1) is 10.2 Å². The van der Waals surface area contributed by atoms with Crippen LogP contribution in [0.25, 0.3) is 5.76 Å². The van der Waals surface area contributed by atoms with Gasteiger partial charge < -0.3 is 19.3 Å². The smallest absolute Gasteiger partial charge is 0.301 e. The number of amides is 1. The highest BCUT2D eigenvalue weighted by Crippen LogP contribution is 2.45. The Hall–Kier alpha value is -4.42. The van der Waals surface area contributed by atoms with Crippen molar-refractivity contribution >= 4 is 45.7 Å². The van der Waals surface area contributed by atoms with Crippen LogP contribution in [0.4, 0.5) is 9.52 Å². The maximum absolute atomic E-state index is 14.1. The molecule has 4 aromatic rings. The molecule has 3 heterocycles. The summed E-state index contributed by atoms with van der Waals surface area (Å²) in [6.45, 7) is 3.23. The van der Waals surface area contributed by atoms with Gasteiger partial charge in [-0.3, -0.25) is 14.5 Å². The molecule has 9 nitrogen and oxygen atoms in total. The molecule has 1 N–H and O–H groups in total. The van der Waals surface area contributed by atoms with Gasteiger partial charge in [0.05, 0.1) is 18.2 Å². The highest BCUT2D eigenvalue weighted by molar-refractivity contribution is 8.00. The molecule has 0 aliphatic carbocycles. The van der Waals surface area contributed by atoms with Crippen molar-refractivity contribution in [3.8, 4) is 17.2 Å². The van der Waals surface area contributed by atoms with E-state index < -0.39 is 17.7 Å². The van der Waals surface area contributed by atoms with Gasteiger partial charge in [0.15, 0.2) is 15.8 Å². The minimum atomic E-state index is -1.02. The molecular weight excluding hydrogens is 593 g/mol. The number of hydrogen-bond acceptors (Lipinski definition) is 10. The Kier molecular flexibility index (Phi) is 8.30. The van der Waals surface area contributed by atoms with Crippen molar-refractivity contribution in [1.29, 1.82) is 0 Å². The highest BCUT2D eigenvalue weighted by Gasteiger charge is 2.48. The molecule has 2 aliphatic rings. The molecule has 0 radical (unpaired) electrons. The molecule has 1 unspecified atom stereocenters. The van der Waals surface area contributed by atoms with Crippen molar-refractivity contribution in [3.63, 3.8) is 0 Å². The summed E-state index contributed by atoms with van der Waals surface area (Å²) in [5, 5.41) is 20.1. The Balaban J connectivity index is 1.40. The molecule has 0 bridgehead atoms. The first-order valence-corrected chi connectivity index (χ1v) is 15.4. The molecular formula is C31H26FN3O6S2. The van der Waals surface area contributed by atoms with Gasteiger partial charge in [0.1, 0.15) is 30.5 Å². The maximum Gasteiger partial charge on any atom is 0.301 e. The molecule has 1 amide bonds. The van der Waals surface area contributed by atoms with Gasteiger partial charge in [-0.05, 0) is 53.9 Å². The summed E-state index contributed by atoms with van der Waals surface area (Å²) < 4.78 is 31.7. The monoisotopic (exact) mass is 619 g/mol. The lowest BCUT2D eigenvalue weighted by Crippen LogP contribution is -2.29. The molecule has 43 heavy (non-hydrogen) atoms. The summed E-state index contributed by atoms with van der Waals surface area (Å²) in [7, 11) is 0. The normalized spacial score (nSPS) is 17.3. The highest BCUT2D eigenvalue weighted by atomic mass is 32.2. The van der Waals surface area contributed by atoms with E-state index in [4.69, 9.17) is 14.2 Å². The van der Waals surface area contributed by atoms with Crippen molar-refractivity contribution in [2.75, 3.05) is 24.7 Å². The number of aromatic nitrogens is 2. The van der Waals surface area contributed by atoms with Crippen molar-refractivity contribution in [2.24, 2.45) is 0 Å². The summed E-state index contributed by atoms with van der Waals surface area (Å²) in [5.41, 5.74) is 1.24. The largest absolute Gasteiger partial charge is 0.507 e. The Morgan fingerprint density at radius 3 is 2.70 bits per heavy atom. The number of aliphatic hydroxyl groups excluding tert-OH is 1. The number of carbonyl (C=O) groups is 2. The quantitative estimate of drug-likeness (QED) is 0.0775. The zero-order valence-corrected chi connectivity index (χ0v) is 24.6. The number of nitrogens with zero attached hydrogens (tertiary/aromatic N) is 3. The number of ketones is 1. The SMILES string of the molecule is CCCOc1cccc(C2C(=C(O)c3ccc4c(c3)OCCO4)C(=O)C(=O)N2c2nnc(SCc3ccccc3F)s2)c1. The van der Waals surface area contributed by atoms with Crippen LogP contribution in [0.2, 0.25) is 0 Å². The van der Waals surface area contributed by atoms with Gasteiger partial charge in [0.2, 0.25) is 5.13 Å². The van der Waals surface area contributed by atoms with E-state index in [1.807, 2.05) is 6.92 Å². The van der Waals surface area contributed by atoms with Crippen LogP contribution in [0.1, 0.15) is 36.1 Å². The number of thioether (sulfide) groups is 1. The van der Waals surface area contributed by atoms with Crippen molar-refractivity contribution < 1.29 is 33.3 Å². The molecule has 220 valence electrons. The number of ether oxygens (including phenoxy) is 3. The Morgan fingerprint density at radius 2 is 1.88 bits per heavy atom. The van der Waals surface area contributed by atoms with Crippen LogP contribution in [-0.2, 0) is 15.3 Å². The summed E-state index contributed by atoms with van der Waals surface area (Å²) in [4.78, 5) is 28.4. The first-order chi connectivity index (χ1) is 20.9. The molecule has 1 fully saturated rings. The predicted molar refractivity (Wildman–Crippen MR) is 160 cm³/mol. The Morgan fingerprint density at radius 1 is 1.07 bits per heavy atom. The van der Waals surface area contributed by atoms with E-state index >= 15 is 0 Å². The Labute approximate surface area is 254 Å². The van der Waals surface area contributed by atoms with Gasteiger partial charge in [0.25, 0.3) is 5.78 Å².